The Hall–Kier alpha value is -1.30. The van der Waals surface area contributed by atoms with E-state index in [1.807, 2.05) is 0 Å². The monoisotopic (exact) mass is 228 g/mol. The van der Waals surface area contributed by atoms with Gasteiger partial charge in [0.25, 0.3) is 0 Å². The van der Waals surface area contributed by atoms with Crippen molar-refractivity contribution in [2.75, 3.05) is 0 Å². The third kappa shape index (κ3) is 3.89. The average molecular weight is 228 g/mol. The van der Waals surface area contributed by atoms with Gasteiger partial charge in [-0.3, -0.25) is 0 Å². The molecule has 1 rings (SSSR count). The number of allylic oxidation sites excluding steroid dienone is 3. The summed E-state index contributed by atoms with van der Waals surface area (Å²) in [4.78, 5) is 0. The number of rotatable bonds is 5. The zero-order valence-corrected chi connectivity index (χ0v) is 11.5. The lowest BCUT2D eigenvalue weighted by atomic mass is 9.90. The van der Waals surface area contributed by atoms with Gasteiger partial charge in [0.2, 0.25) is 0 Å². The zero-order valence-electron chi connectivity index (χ0n) is 11.5. The molecule has 0 saturated heterocycles. The summed E-state index contributed by atoms with van der Waals surface area (Å²) in [6.45, 7) is 8.84. The smallest absolute Gasteiger partial charge is 0.0166 e. The van der Waals surface area contributed by atoms with Gasteiger partial charge in [0.15, 0.2) is 0 Å². The third-order valence-corrected chi connectivity index (χ3v) is 2.99. The van der Waals surface area contributed by atoms with Gasteiger partial charge in [-0.25, -0.2) is 0 Å². The lowest BCUT2D eigenvalue weighted by Gasteiger charge is -2.15. The summed E-state index contributed by atoms with van der Waals surface area (Å²) in [7, 11) is 0. The molecular formula is C17H24. The minimum absolute atomic E-state index is 0.590. The van der Waals surface area contributed by atoms with E-state index in [4.69, 9.17) is 0 Å². The van der Waals surface area contributed by atoms with Crippen LogP contribution in [0.4, 0.5) is 0 Å². The van der Waals surface area contributed by atoms with Crippen LogP contribution in [-0.4, -0.2) is 0 Å². The number of hydrogen-bond donors (Lipinski definition) is 0. The molecule has 0 nitrogen and oxygen atoms in total. The van der Waals surface area contributed by atoms with E-state index >= 15 is 0 Å². The molecule has 0 aromatic heterocycles. The van der Waals surface area contributed by atoms with E-state index in [9.17, 15) is 0 Å². The molecule has 1 aromatic rings. The highest BCUT2D eigenvalue weighted by molar-refractivity contribution is 5.57. The van der Waals surface area contributed by atoms with E-state index in [2.05, 4.69) is 70.2 Å². The fourth-order valence-corrected chi connectivity index (χ4v) is 2.20. The second-order valence-electron chi connectivity index (χ2n) is 4.64. The molecule has 0 radical (unpaired) electrons. The van der Waals surface area contributed by atoms with Crippen molar-refractivity contribution in [3.05, 3.63) is 53.1 Å². The fraction of sp³-hybridized carbons (Fsp3) is 0.412. The molecular weight excluding hydrogens is 204 g/mol. The van der Waals surface area contributed by atoms with Gasteiger partial charge in [0.1, 0.15) is 0 Å². The molecule has 0 N–H and O–H groups in total. The molecule has 0 heterocycles. The molecule has 1 aromatic carbocycles. The number of aryl methyl sites for hydroxylation is 1. The highest BCUT2D eigenvalue weighted by Gasteiger charge is 2.08. The highest BCUT2D eigenvalue weighted by Crippen LogP contribution is 2.25. The van der Waals surface area contributed by atoms with Crippen molar-refractivity contribution in [3.8, 4) is 0 Å². The summed E-state index contributed by atoms with van der Waals surface area (Å²) in [6.07, 6.45) is 10.9. The van der Waals surface area contributed by atoms with Crippen molar-refractivity contribution in [1.29, 1.82) is 0 Å². The second kappa shape index (κ2) is 7.11. The van der Waals surface area contributed by atoms with Crippen LogP contribution in [0.1, 0.15) is 56.7 Å². The SMILES string of the molecule is C/C=C\C/C=C\c1cccc(CC)c1C(C)C. The lowest BCUT2D eigenvalue weighted by molar-refractivity contribution is 0.841. The van der Waals surface area contributed by atoms with Crippen LogP contribution in [0.25, 0.3) is 6.08 Å². The van der Waals surface area contributed by atoms with Crippen LogP contribution < -0.4 is 0 Å². The van der Waals surface area contributed by atoms with Gasteiger partial charge in [-0.05, 0) is 42.4 Å². The molecule has 0 aliphatic rings. The van der Waals surface area contributed by atoms with Gasteiger partial charge in [-0.1, -0.05) is 63.3 Å². The van der Waals surface area contributed by atoms with Crippen LogP contribution in [0.5, 0.6) is 0 Å². The maximum Gasteiger partial charge on any atom is -0.0166 e. The maximum absolute atomic E-state index is 2.28. The summed E-state index contributed by atoms with van der Waals surface area (Å²) in [6, 6.07) is 6.64. The predicted molar refractivity (Wildman–Crippen MR) is 78.4 cm³/mol. The van der Waals surface area contributed by atoms with Crippen molar-refractivity contribution >= 4 is 6.08 Å². The topological polar surface area (TPSA) is 0 Å². The molecule has 0 bridgehead atoms. The molecule has 17 heavy (non-hydrogen) atoms. The first-order chi connectivity index (χ1) is 8.20. The zero-order chi connectivity index (χ0) is 12.7. The third-order valence-electron chi connectivity index (χ3n) is 2.99. The minimum Gasteiger partial charge on any atom is -0.0914 e. The number of hydrogen-bond acceptors (Lipinski definition) is 0. The van der Waals surface area contributed by atoms with E-state index in [0.29, 0.717) is 5.92 Å². The first-order valence-electron chi connectivity index (χ1n) is 6.60. The normalized spacial score (nSPS) is 12.1. The Morgan fingerprint density at radius 1 is 1.18 bits per heavy atom. The van der Waals surface area contributed by atoms with Crippen molar-refractivity contribution in [2.24, 2.45) is 0 Å². The Balaban J connectivity index is 3.01. The van der Waals surface area contributed by atoms with E-state index in [1.54, 1.807) is 0 Å². The lowest BCUT2D eigenvalue weighted by Crippen LogP contribution is -1.98. The first-order valence-corrected chi connectivity index (χ1v) is 6.60. The van der Waals surface area contributed by atoms with Crippen LogP contribution in [0.2, 0.25) is 0 Å². The average Bonchev–Trinajstić information content (AvgIpc) is 2.33. The maximum atomic E-state index is 2.28. The molecule has 0 amide bonds. The van der Waals surface area contributed by atoms with Gasteiger partial charge in [-0.2, -0.15) is 0 Å². The van der Waals surface area contributed by atoms with Gasteiger partial charge < -0.3 is 0 Å². The van der Waals surface area contributed by atoms with Gasteiger partial charge in [-0.15, -0.1) is 0 Å². The summed E-state index contributed by atoms with van der Waals surface area (Å²) in [5, 5.41) is 0. The van der Waals surface area contributed by atoms with Crippen molar-refractivity contribution in [1.82, 2.24) is 0 Å². The Bertz CT molecular complexity index is 394. The Labute approximate surface area is 106 Å². The number of benzene rings is 1. The van der Waals surface area contributed by atoms with Crippen LogP contribution >= 0.6 is 0 Å². The van der Waals surface area contributed by atoms with Gasteiger partial charge in [0, 0.05) is 0 Å². The van der Waals surface area contributed by atoms with Gasteiger partial charge >= 0.3 is 0 Å². The Morgan fingerprint density at radius 3 is 2.53 bits per heavy atom. The molecule has 0 fully saturated rings. The first kappa shape index (κ1) is 13.8. The van der Waals surface area contributed by atoms with E-state index in [-0.39, 0.29) is 0 Å². The van der Waals surface area contributed by atoms with Crippen LogP contribution in [0, 0.1) is 0 Å². The summed E-state index contributed by atoms with van der Waals surface area (Å²) >= 11 is 0. The molecule has 0 atom stereocenters. The largest absolute Gasteiger partial charge is 0.0914 e. The standard InChI is InChI=1S/C17H24/c1-5-7-8-9-11-16-13-10-12-15(6-2)17(16)14(3)4/h5,7,9-14H,6,8H2,1-4H3/b7-5-,11-9-. The Kier molecular flexibility index (Phi) is 5.76. The molecule has 0 heteroatoms. The molecule has 92 valence electrons. The molecule has 0 aliphatic heterocycles. The van der Waals surface area contributed by atoms with E-state index in [0.717, 1.165) is 12.8 Å². The van der Waals surface area contributed by atoms with Crippen LogP contribution in [-0.2, 0) is 6.42 Å². The van der Waals surface area contributed by atoms with Crippen molar-refractivity contribution in [2.45, 2.75) is 46.5 Å². The van der Waals surface area contributed by atoms with Gasteiger partial charge in [0.05, 0.1) is 0 Å². The summed E-state index contributed by atoms with van der Waals surface area (Å²) in [5.74, 6) is 0.590. The molecule has 0 aliphatic carbocycles. The molecule has 0 unspecified atom stereocenters. The summed E-state index contributed by atoms with van der Waals surface area (Å²) in [5.41, 5.74) is 4.36. The molecule has 0 spiro atoms. The Morgan fingerprint density at radius 2 is 1.94 bits per heavy atom. The molecule has 0 saturated carbocycles. The van der Waals surface area contributed by atoms with Crippen molar-refractivity contribution in [3.63, 3.8) is 0 Å². The highest BCUT2D eigenvalue weighted by atomic mass is 14.1. The van der Waals surface area contributed by atoms with Crippen LogP contribution in [0.3, 0.4) is 0 Å². The quantitative estimate of drug-likeness (QED) is 0.596. The summed E-state index contributed by atoms with van der Waals surface area (Å²) < 4.78 is 0. The second-order valence-corrected chi connectivity index (χ2v) is 4.64. The van der Waals surface area contributed by atoms with Crippen LogP contribution in [0.15, 0.2) is 36.4 Å². The minimum atomic E-state index is 0.590. The predicted octanol–water partition coefficient (Wildman–Crippen LogP) is 5.35. The van der Waals surface area contributed by atoms with E-state index < -0.39 is 0 Å². The van der Waals surface area contributed by atoms with E-state index in [1.165, 1.54) is 16.7 Å². The van der Waals surface area contributed by atoms with Crippen molar-refractivity contribution < 1.29 is 0 Å². The fourth-order valence-electron chi connectivity index (χ4n) is 2.20.